The first-order valence-electron chi connectivity index (χ1n) is 6.13. The maximum atomic E-state index is 6.26. The Balaban J connectivity index is 2.16. The molecule has 98 valence electrons. The largest absolute Gasteiger partial charge is 0.321 e. The van der Waals surface area contributed by atoms with Crippen molar-refractivity contribution in [1.29, 1.82) is 0 Å². The van der Waals surface area contributed by atoms with Gasteiger partial charge in [-0.05, 0) is 31.5 Å². The first kappa shape index (κ1) is 12.6. The van der Waals surface area contributed by atoms with Crippen LogP contribution >= 0.6 is 22.9 Å². The molecule has 1 aromatic carbocycles. The topological polar surface area (TPSA) is 30.7 Å². The third kappa shape index (κ3) is 2.38. The summed E-state index contributed by atoms with van der Waals surface area (Å²) in [6.07, 6.45) is 1.90. The number of nitrogens with zero attached hydrogens (tertiary/aromatic N) is 3. The molecule has 0 radical (unpaired) electrons. The summed E-state index contributed by atoms with van der Waals surface area (Å²) >= 11 is 7.91. The summed E-state index contributed by atoms with van der Waals surface area (Å²) in [4.78, 5) is 10.00. The molecule has 2 heterocycles. The van der Waals surface area contributed by atoms with E-state index in [0.29, 0.717) is 0 Å². The molecular formula is C14H14ClN3S. The third-order valence-electron chi connectivity index (χ3n) is 3.09. The number of aromatic nitrogens is 3. The van der Waals surface area contributed by atoms with Gasteiger partial charge in [-0.1, -0.05) is 6.07 Å². The molecule has 19 heavy (non-hydrogen) atoms. The van der Waals surface area contributed by atoms with Crippen LogP contribution in [-0.4, -0.2) is 14.5 Å². The lowest BCUT2D eigenvalue weighted by Crippen LogP contribution is -2.04. The molecule has 0 bridgehead atoms. The van der Waals surface area contributed by atoms with Crippen LogP contribution in [0.15, 0.2) is 29.9 Å². The average molecular weight is 292 g/mol. The Kier molecular flexibility index (Phi) is 3.29. The Bertz CT molecular complexity index is 701. The van der Waals surface area contributed by atoms with Crippen LogP contribution in [0.25, 0.3) is 11.0 Å². The molecule has 0 amide bonds. The maximum Gasteiger partial charge on any atom is 0.128 e. The van der Waals surface area contributed by atoms with Crippen LogP contribution in [0.1, 0.15) is 28.6 Å². The van der Waals surface area contributed by atoms with Crippen molar-refractivity contribution in [3.8, 4) is 0 Å². The van der Waals surface area contributed by atoms with Crippen LogP contribution in [0.4, 0.5) is 0 Å². The van der Waals surface area contributed by atoms with Gasteiger partial charge in [0.2, 0.25) is 0 Å². The van der Waals surface area contributed by atoms with Crippen molar-refractivity contribution in [2.75, 3.05) is 0 Å². The van der Waals surface area contributed by atoms with Crippen LogP contribution in [0.3, 0.4) is 0 Å². The first-order chi connectivity index (χ1) is 9.15. The summed E-state index contributed by atoms with van der Waals surface area (Å²) in [5.41, 5.74) is 5.19. The molecule has 0 spiro atoms. The number of aryl methyl sites for hydroxylation is 1. The number of benzene rings is 1. The van der Waals surface area contributed by atoms with Crippen LogP contribution in [0.2, 0.25) is 0 Å². The molecule has 2 aromatic heterocycles. The minimum absolute atomic E-state index is 0.111. The summed E-state index contributed by atoms with van der Waals surface area (Å²) in [7, 11) is 0. The predicted octanol–water partition coefficient (Wildman–Crippen LogP) is 4.15. The van der Waals surface area contributed by atoms with Gasteiger partial charge in [0.25, 0.3) is 0 Å². The van der Waals surface area contributed by atoms with Gasteiger partial charge in [0.05, 0.1) is 28.5 Å². The highest BCUT2D eigenvalue weighted by atomic mass is 35.5. The lowest BCUT2D eigenvalue weighted by Gasteiger charge is -2.08. The Labute approximate surface area is 120 Å². The van der Waals surface area contributed by atoms with E-state index in [-0.39, 0.29) is 5.38 Å². The molecule has 0 aliphatic rings. The second kappa shape index (κ2) is 4.94. The van der Waals surface area contributed by atoms with Crippen molar-refractivity contribution in [2.24, 2.45) is 0 Å². The average Bonchev–Trinajstić information content (AvgIpc) is 2.97. The van der Waals surface area contributed by atoms with E-state index < -0.39 is 0 Å². The van der Waals surface area contributed by atoms with Crippen molar-refractivity contribution in [2.45, 2.75) is 25.8 Å². The van der Waals surface area contributed by atoms with Gasteiger partial charge in [0, 0.05) is 11.1 Å². The van der Waals surface area contributed by atoms with Gasteiger partial charge in [-0.3, -0.25) is 4.98 Å². The van der Waals surface area contributed by atoms with Crippen molar-refractivity contribution in [1.82, 2.24) is 14.5 Å². The summed E-state index contributed by atoms with van der Waals surface area (Å²) < 4.78 is 2.18. The van der Waals surface area contributed by atoms with Crippen molar-refractivity contribution in [3.63, 3.8) is 0 Å². The summed E-state index contributed by atoms with van der Waals surface area (Å²) in [5.74, 6) is 0.913. The standard InChI is InChI=1S/C14H14ClN3S/c1-9-3-4-13-12(5-9)17-14(10(2)15)18(13)7-11-6-16-8-19-11/h3-6,8,10H,7H2,1-2H3. The monoisotopic (exact) mass is 291 g/mol. The quantitative estimate of drug-likeness (QED) is 0.679. The lowest BCUT2D eigenvalue weighted by atomic mass is 10.2. The molecule has 3 aromatic rings. The maximum absolute atomic E-state index is 6.26. The van der Waals surface area contributed by atoms with Gasteiger partial charge in [-0.15, -0.1) is 22.9 Å². The van der Waals surface area contributed by atoms with Gasteiger partial charge in [0.1, 0.15) is 5.82 Å². The van der Waals surface area contributed by atoms with Crippen molar-refractivity contribution < 1.29 is 0 Å². The number of thiazole rings is 1. The van der Waals surface area contributed by atoms with Crippen LogP contribution in [0.5, 0.6) is 0 Å². The number of hydrogen-bond acceptors (Lipinski definition) is 3. The van der Waals surface area contributed by atoms with Crippen molar-refractivity contribution >= 4 is 34.0 Å². The highest BCUT2D eigenvalue weighted by Crippen LogP contribution is 2.26. The van der Waals surface area contributed by atoms with E-state index in [0.717, 1.165) is 23.4 Å². The second-order valence-corrected chi connectivity index (χ2v) is 6.26. The smallest absolute Gasteiger partial charge is 0.128 e. The summed E-state index contributed by atoms with van der Waals surface area (Å²) in [6.45, 7) is 4.81. The molecule has 3 nitrogen and oxygen atoms in total. The van der Waals surface area contributed by atoms with Gasteiger partial charge in [-0.25, -0.2) is 4.98 Å². The SMILES string of the molecule is Cc1ccc2c(c1)nc(C(C)Cl)n2Cc1cncs1. The van der Waals surface area contributed by atoms with Gasteiger partial charge in [0.15, 0.2) is 0 Å². The normalized spacial score (nSPS) is 13.0. The number of fused-ring (bicyclic) bond motifs is 1. The Morgan fingerprint density at radius 3 is 2.95 bits per heavy atom. The van der Waals surface area contributed by atoms with Crippen LogP contribution in [-0.2, 0) is 6.54 Å². The highest BCUT2D eigenvalue weighted by Gasteiger charge is 2.15. The number of hydrogen-bond donors (Lipinski definition) is 0. The molecular weight excluding hydrogens is 278 g/mol. The molecule has 1 atom stereocenters. The predicted molar refractivity (Wildman–Crippen MR) is 80.0 cm³/mol. The fourth-order valence-corrected chi connectivity index (χ4v) is 2.95. The zero-order valence-electron chi connectivity index (χ0n) is 10.8. The fourth-order valence-electron chi connectivity index (χ4n) is 2.20. The summed E-state index contributed by atoms with van der Waals surface area (Å²) in [6, 6.07) is 6.32. The van der Waals surface area contributed by atoms with E-state index in [2.05, 4.69) is 39.7 Å². The van der Waals surface area contributed by atoms with E-state index in [1.807, 2.05) is 18.6 Å². The minimum atomic E-state index is -0.111. The molecule has 0 N–H and O–H groups in total. The molecule has 3 rings (SSSR count). The van der Waals surface area contributed by atoms with E-state index in [1.165, 1.54) is 10.4 Å². The zero-order chi connectivity index (χ0) is 13.4. The molecule has 5 heteroatoms. The Morgan fingerprint density at radius 1 is 1.42 bits per heavy atom. The molecule has 0 aliphatic carbocycles. The molecule has 0 saturated carbocycles. The minimum Gasteiger partial charge on any atom is -0.321 e. The van der Waals surface area contributed by atoms with E-state index >= 15 is 0 Å². The van der Waals surface area contributed by atoms with E-state index in [4.69, 9.17) is 11.6 Å². The van der Waals surface area contributed by atoms with Gasteiger partial charge >= 0.3 is 0 Å². The van der Waals surface area contributed by atoms with Gasteiger partial charge in [-0.2, -0.15) is 0 Å². The lowest BCUT2D eigenvalue weighted by molar-refractivity contribution is 0.749. The Morgan fingerprint density at radius 2 is 2.26 bits per heavy atom. The molecule has 0 fully saturated rings. The summed E-state index contributed by atoms with van der Waals surface area (Å²) in [5, 5.41) is -0.111. The first-order valence-corrected chi connectivity index (χ1v) is 7.45. The Hall–Kier alpha value is -1.39. The number of halogens is 1. The van der Waals surface area contributed by atoms with E-state index in [9.17, 15) is 0 Å². The molecule has 0 saturated heterocycles. The highest BCUT2D eigenvalue weighted by molar-refractivity contribution is 7.09. The number of imidazole rings is 1. The van der Waals surface area contributed by atoms with Crippen LogP contribution < -0.4 is 0 Å². The molecule has 0 aliphatic heterocycles. The van der Waals surface area contributed by atoms with Gasteiger partial charge < -0.3 is 4.57 Å². The third-order valence-corrected chi connectivity index (χ3v) is 4.05. The number of rotatable bonds is 3. The molecule has 1 unspecified atom stereocenters. The van der Waals surface area contributed by atoms with Crippen LogP contribution in [0, 0.1) is 6.92 Å². The van der Waals surface area contributed by atoms with E-state index in [1.54, 1.807) is 11.3 Å². The zero-order valence-corrected chi connectivity index (χ0v) is 12.4. The van der Waals surface area contributed by atoms with Crippen molar-refractivity contribution in [3.05, 3.63) is 46.2 Å². The second-order valence-electron chi connectivity index (χ2n) is 4.63. The number of alkyl halides is 1. The fraction of sp³-hybridized carbons (Fsp3) is 0.286.